The van der Waals surface area contributed by atoms with Crippen molar-refractivity contribution < 1.29 is 17.9 Å². The predicted molar refractivity (Wildman–Crippen MR) is 85.0 cm³/mol. The fourth-order valence-corrected chi connectivity index (χ4v) is 3.94. The Bertz CT molecular complexity index is 603. The van der Waals surface area contributed by atoms with Crippen LogP contribution < -0.4 is 9.46 Å². The second kappa shape index (κ2) is 7.61. The molecule has 1 saturated heterocycles. The molecule has 2 rings (SSSR count). The number of morpholine rings is 1. The summed E-state index contributed by atoms with van der Waals surface area (Å²) in [4.78, 5) is 2.31. The van der Waals surface area contributed by atoms with E-state index < -0.39 is 10.0 Å². The first-order valence-electron chi connectivity index (χ1n) is 7.08. The molecule has 124 valence electrons. The zero-order valence-corrected chi connectivity index (χ0v) is 14.3. The summed E-state index contributed by atoms with van der Waals surface area (Å²) in [7, 11) is -2.12. The Morgan fingerprint density at radius 3 is 2.68 bits per heavy atom. The largest absolute Gasteiger partial charge is 0.495 e. The van der Waals surface area contributed by atoms with Gasteiger partial charge in [0.1, 0.15) is 5.75 Å². The molecule has 22 heavy (non-hydrogen) atoms. The number of halogens is 1. The quantitative estimate of drug-likeness (QED) is 0.840. The fraction of sp³-hybridized carbons (Fsp3) is 0.571. The van der Waals surface area contributed by atoms with Crippen LogP contribution in [-0.2, 0) is 14.8 Å². The Labute approximate surface area is 136 Å². The van der Waals surface area contributed by atoms with Crippen LogP contribution in [0.3, 0.4) is 0 Å². The van der Waals surface area contributed by atoms with Crippen LogP contribution in [0.2, 0.25) is 5.02 Å². The zero-order chi connectivity index (χ0) is 16.2. The number of hydrogen-bond acceptors (Lipinski definition) is 5. The van der Waals surface area contributed by atoms with Crippen molar-refractivity contribution in [3.05, 3.63) is 23.2 Å². The van der Waals surface area contributed by atoms with Gasteiger partial charge < -0.3 is 9.47 Å². The van der Waals surface area contributed by atoms with Crippen molar-refractivity contribution in [3.8, 4) is 5.75 Å². The third-order valence-corrected chi connectivity index (χ3v) is 5.31. The third-order valence-electron chi connectivity index (χ3n) is 3.43. The highest BCUT2D eigenvalue weighted by atomic mass is 35.5. The molecule has 1 fully saturated rings. The number of sulfonamides is 1. The summed E-state index contributed by atoms with van der Waals surface area (Å²) < 4.78 is 37.7. The van der Waals surface area contributed by atoms with Crippen LogP contribution in [0.25, 0.3) is 0 Å². The van der Waals surface area contributed by atoms with Gasteiger partial charge in [-0.25, -0.2) is 13.1 Å². The lowest BCUT2D eigenvalue weighted by molar-refractivity contribution is 0.0354. The number of benzene rings is 1. The third kappa shape index (κ3) is 4.57. The Morgan fingerprint density at radius 1 is 1.41 bits per heavy atom. The van der Waals surface area contributed by atoms with E-state index in [1.807, 2.05) is 6.92 Å². The predicted octanol–water partition coefficient (Wildman–Crippen LogP) is 1.35. The first-order chi connectivity index (χ1) is 10.4. The van der Waals surface area contributed by atoms with E-state index in [1.165, 1.54) is 19.2 Å². The Hall–Kier alpha value is -0.860. The molecule has 0 aliphatic carbocycles. The van der Waals surface area contributed by atoms with Crippen LogP contribution in [0.1, 0.15) is 6.92 Å². The summed E-state index contributed by atoms with van der Waals surface area (Å²) in [5, 5.41) is 0.270. The molecule has 0 amide bonds. The van der Waals surface area contributed by atoms with Crippen LogP contribution in [-0.4, -0.2) is 59.3 Å². The Kier molecular flexibility index (Phi) is 6.05. The highest BCUT2D eigenvalue weighted by Gasteiger charge is 2.21. The van der Waals surface area contributed by atoms with Gasteiger partial charge in [0.05, 0.1) is 30.2 Å². The molecule has 6 nitrogen and oxygen atoms in total. The molecule has 8 heteroatoms. The van der Waals surface area contributed by atoms with Crippen LogP contribution >= 0.6 is 11.6 Å². The average Bonchev–Trinajstić information content (AvgIpc) is 2.47. The van der Waals surface area contributed by atoms with Gasteiger partial charge in [-0.2, -0.15) is 0 Å². The molecule has 1 aromatic rings. The van der Waals surface area contributed by atoms with Gasteiger partial charge in [0.2, 0.25) is 10.0 Å². The van der Waals surface area contributed by atoms with E-state index in [2.05, 4.69) is 9.62 Å². The normalized spacial score (nSPS) is 18.1. The molecule has 1 unspecified atom stereocenters. The van der Waals surface area contributed by atoms with Gasteiger partial charge in [0, 0.05) is 25.7 Å². The molecule has 1 aromatic carbocycles. The summed E-state index contributed by atoms with van der Waals surface area (Å²) >= 11 is 5.99. The van der Waals surface area contributed by atoms with E-state index in [1.54, 1.807) is 6.07 Å². The van der Waals surface area contributed by atoms with Gasteiger partial charge in [-0.3, -0.25) is 4.90 Å². The van der Waals surface area contributed by atoms with E-state index in [9.17, 15) is 8.42 Å². The standard InChI is InChI=1S/C14H21ClN2O4S/c1-11(10-17-5-7-21-8-6-17)16-22(18,19)12-3-4-14(20-2)13(15)9-12/h3-4,9,11,16H,5-8,10H2,1-2H3. The van der Waals surface area contributed by atoms with Crippen molar-refractivity contribution >= 4 is 21.6 Å². The van der Waals surface area contributed by atoms with E-state index in [0.29, 0.717) is 25.5 Å². The molecular weight excluding hydrogens is 328 g/mol. The lowest BCUT2D eigenvalue weighted by Gasteiger charge is -2.29. The van der Waals surface area contributed by atoms with Crippen LogP contribution in [0.4, 0.5) is 0 Å². The van der Waals surface area contributed by atoms with Gasteiger partial charge >= 0.3 is 0 Å². The first kappa shape index (κ1) is 17.5. The highest BCUT2D eigenvalue weighted by Crippen LogP contribution is 2.26. The topological polar surface area (TPSA) is 67.9 Å². The molecule has 1 aliphatic rings. The summed E-state index contributed by atoms with van der Waals surface area (Å²) in [5.41, 5.74) is 0. The van der Waals surface area contributed by atoms with E-state index >= 15 is 0 Å². The molecule has 1 N–H and O–H groups in total. The molecule has 0 saturated carbocycles. The number of rotatable bonds is 6. The highest BCUT2D eigenvalue weighted by molar-refractivity contribution is 7.89. The minimum Gasteiger partial charge on any atom is -0.495 e. The minimum absolute atomic E-state index is 0.132. The smallest absolute Gasteiger partial charge is 0.240 e. The van der Waals surface area contributed by atoms with E-state index in [4.69, 9.17) is 21.1 Å². The molecule has 0 spiro atoms. The summed E-state index contributed by atoms with van der Waals surface area (Å²) in [6, 6.07) is 4.21. The van der Waals surface area contributed by atoms with Gasteiger partial charge in [-0.15, -0.1) is 0 Å². The van der Waals surface area contributed by atoms with Crippen molar-refractivity contribution in [3.63, 3.8) is 0 Å². The molecule has 0 bridgehead atoms. The maximum atomic E-state index is 12.4. The van der Waals surface area contributed by atoms with Gasteiger partial charge in [-0.05, 0) is 25.1 Å². The summed E-state index contributed by atoms with van der Waals surface area (Å²) in [5.74, 6) is 0.446. The second-order valence-corrected chi connectivity index (χ2v) is 7.35. The molecule has 1 atom stereocenters. The SMILES string of the molecule is COc1ccc(S(=O)(=O)NC(C)CN2CCOCC2)cc1Cl. The number of methoxy groups -OCH3 is 1. The van der Waals surface area contributed by atoms with Crippen molar-refractivity contribution in [1.29, 1.82) is 0 Å². The Morgan fingerprint density at radius 2 is 2.09 bits per heavy atom. The van der Waals surface area contributed by atoms with Gasteiger partial charge in [-0.1, -0.05) is 11.6 Å². The number of nitrogens with zero attached hydrogens (tertiary/aromatic N) is 1. The van der Waals surface area contributed by atoms with E-state index in [0.717, 1.165) is 13.1 Å². The molecule has 0 radical (unpaired) electrons. The van der Waals surface area contributed by atoms with Crippen LogP contribution in [0.15, 0.2) is 23.1 Å². The lowest BCUT2D eigenvalue weighted by Crippen LogP contribution is -2.45. The minimum atomic E-state index is -3.61. The van der Waals surface area contributed by atoms with Crippen LogP contribution in [0, 0.1) is 0 Å². The lowest BCUT2D eigenvalue weighted by atomic mass is 10.3. The number of ether oxygens (including phenoxy) is 2. The van der Waals surface area contributed by atoms with Crippen molar-refractivity contribution in [1.82, 2.24) is 9.62 Å². The fourth-order valence-electron chi connectivity index (χ4n) is 2.36. The maximum Gasteiger partial charge on any atom is 0.240 e. The zero-order valence-electron chi connectivity index (χ0n) is 12.7. The van der Waals surface area contributed by atoms with Crippen molar-refractivity contribution in [2.45, 2.75) is 17.9 Å². The average molecular weight is 349 g/mol. The van der Waals surface area contributed by atoms with Crippen molar-refractivity contribution in [2.24, 2.45) is 0 Å². The maximum absolute atomic E-state index is 12.4. The van der Waals surface area contributed by atoms with E-state index in [-0.39, 0.29) is 16.0 Å². The van der Waals surface area contributed by atoms with Crippen molar-refractivity contribution in [2.75, 3.05) is 40.0 Å². The number of nitrogens with one attached hydrogen (secondary N) is 1. The molecule has 0 aromatic heterocycles. The van der Waals surface area contributed by atoms with Crippen LogP contribution in [0.5, 0.6) is 5.75 Å². The molecular formula is C14H21ClN2O4S. The van der Waals surface area contributed by atoms with Gasteiger partial charge in [0.15, 0.2) is 0 Å². The second-order valence-electron chi connectivity index (χ2n) is 5.23. The first-order valence-corrected chi connectivity index (χ1v) is 8.94. The number of hydrogen-bond donors (Lipinski definition) is 1. The summed E-state index contributed by atoms with van der Waals surface area (Å²) in [6.07, 6.45) is 0. The Balaban J connectivity index is 2.01. The molecule has 1 aliphatic heterocycles. The molecule has 1 heterocycles. The monoisotopic (exact) mass is 348 g/mol. The summed E-state index contributed by atoms with van der Waals surface area (Å²) in [6.45, 7) is 5.51. The van der Waals surface area contributed by atoms with Gasteiger partial charge in [0.25, 0.3) is 0 Å².